The van der Waals surface area contributed by atoms with Crippen molar-refractivity contribution in [3.63, 3.8) is 0 Å². The van der Waals surface area contributed by atoms with Crippen molar-refractivity contribution in [3.8, 4) is 11.3 Å². The molecular weight excluding hydrogens is 435 g/mol. The highest BCUT2D eigenvalue weighted by Crippen LogP contribution is 2.34. The number of hydrogen-bond acceptors (Lipinski definition) is 6. The van der Waals surface area contributed by atoms with Crippen LogP contribution in [0.1, 0.15) is 38.4 Å². The fourth-order valence-electron chi connectivity index (χ4n) is 3.87. The lowest BCUT2D eigenvalue weighted by Crippen LogP contribution is -2.39. The summed E-state index contributed by atoms with van der Waals surface area (Å²) in [7, 11) is -3.49. The fraction of sp³-hybridized carbons (Fsp3) is 0.391. The molecule has 1 fully saturated rings. The lowest BCUT2D eigenvalue weighted by atomic mass is 9.94. The Hall–Kier alpha value is -2.94. The molecule has 1 amide bonds. The van der Waals surface area contributed by atoms with E-state index in [0.717, 1.165) is 36.3 Å². The topological polar surface area (TPSA) is 89.7 Å². The number of likely N-dealkylation sites (tertiary alicyclic amines) is 1. The molecule has 3 heterocycles. The SMILES string of the molecule is CC(C)OC(=O)N1CCC(c2cc3cc(-c4ccc(S(C)(=O)=O)cc4F)ncc3o2)CC1. The quantitative estimate of drug-likeness (QED) is 0.558. The zero-order chi connectivity index (χ0) is 23.0. The normalized spacial score (nSPS) is 15.5. The van der Waals surface area contributed by atoms with E-state index in [-0.39, 0.29) is 28.6 Å². The number of halogens is 1. The number of sulfone groups is 1. The Labute approximate surface area is 186 Å². The molecule has 0 saturated carbocycles. The highest BCUT2D eigenvalue weighted by Gasteiger charge is 2.27. The summed E-state index contributed by atoms with van der Waals surface area (Å²) in [5, 5.41) is 0.790. The molecular formula is C23H25FN2O5S. The standard InChI is InChI=1S/C23H25FN2O5S/c1-14(2)30-23(27)26-8-6-15(7-9-26)21-11-16-10-20(25-13-22(16)31-21)18-5-4-17(12-19(18)24)32(3,28)29/h4-5,10-15H,6-9H2,1-3H3. The van der Waals surface area contributed by atoms with E-state index in [0.29, 0.717) is 24.4 Å². The Bertz CT molecular complexity index is 1260. The minimum atomic E-state index is -3.49. The summed E-state index contributed by atoms with van der Waals surface area (Å²) < 4.78 is 49.1. The number of furan rings is 1. The van der Waals surface area contributed by atoms with E-state index in [1.807, 2.05) is 19.9 Å². The maximum Gasteiger partial charge on any atom is 0.410 e. The number of nitrogens with zero attached hydrogens (tertiary/aromatic N) is 2. The average molecular weight is 461 g/mol. The van der Waals surface area contributed by atoms with Gasteiger partial charge in [-0.2, -0.15) is 0 Å². The summed E-state index contributed by atoms with van der Waals surface area (Å²) in [4.78, 5) is 18.0. The number of ether oxygens (including phenoxy) is 1. The van der Waals surface area contributed by atoms with Gasteiger partial charge in [0.05, 0.1) is 22.9 Å². The first-order chi connectivity index (χ1) is 15.1. The molecule has 1 aromatic carbocycles. The number of hydrogen-bond donors (Lipinski definition) is 0. The van der Waals surface area contributed by atoms with Gasteiger partial charge in [0.2, 0.25) is 0 Å². The summed E-state index contributed by atoms with van der Waals surface area (Å²) in [6.07, 6.45) is 3.67. The monoisotopic (exact) mass is 460 g/mol. The number of carbonyl (C=O) groups excluding carboxylic acids is 1. The fourth-order valence-corrected chi connectivity index (χ4v) is 4.50. The molecule has 0 spiro atoms. The summed E-state index contributed by atoms with van der Waals surface area (Å²) in [5.74, 6) is 0.326. The van der Waals surface area contributed by atoms with Crippen LogP contribution in [0.5, 0.6) is 0 Å². The lowest BCUT2D eigenvalue weighted by molar-refractivity contribution is 0.0684. The van der Waals surface area contributed by atoms with Crippen molar-refractivity contribution in [2.75, 3.05) is 19.3 Å². The first kappa shape index (κ1) is 22.3. The van der Waals surface area contributed by atoms with Gasteiger partial charge in [-0.3, -0.25) is 4.98 Å². The van der Waals surface area contributed by atoms with Gasteiger partial charge < -0.3 is 14.1 Å². The minimum absolute atomic E-state index is 0.0750. The smallest absolute Gasteiger partial charge is 0.410 e. The molecule has 0 N–H and O–H groups in total. The maximum absolute atomic E-state index is 14.6. The zero-order valence-corrected chi connectivity index (χ0v) is 19.0. The molecule has 2 aromatic heterocycles. The van der Waals surface area contributed by atoms with Crippen LogP contribution in [0.3, 0.4) is 0 Å². The predicted octanol–water partition coefficient (Wildman–Crippen LogP) is 4.76. The van der Waals surface area contributed by atoms with Crippen LogP contribution in [0.4, 0.5) is 9.18 Å². The van der Waals surface area contributed by atoms with Crippen molar-refractivity contribution in [2.24, 2.45) is 0 Å². The molecule has 0 radical (unpaired) electrons. The van der Waals surface area contributed by atoms with Crippen molar-refractivity contribution >= 4 is 26.9 Å². The third-order valence-corrected chi connectivity index (χ3v) is 6.67. The molecule has 32 heavy (non-hydrogen) atoms. The highest BCUT2D eigenvalue weighted by atomic mass is 32.2. The summed E-state index contributed by atoms with van der Waals surface area (Å²) in [5.41, 5.74) is 1.21. The Kier molecular flexibility index (Phi) is 5.94. The Morgan fingerprint density at radius 1 is 1.22 bits per heavy atom. The molecule has 0 aliphatic carbocycles. The van der Waals surface area contributed by atoms with E-state index in [1.165, 1.54) is 12.1 Å². The van der Waals surface area contributed by atoms with E-state index in [1.54, 1.807) is 17.2 Å². The molecule has 170 valence electrons. The van der Waals surface area contributed by atoms with Crippen LogP contribution in [-0.2, 0) is 14.6 Å². The van der Waals surface area contributed by atoms with E-state index in [2.05, 4.69) is 4.98 Å². The predicted molar refractivity (Wildman–Crippen MR) is 118 cm³/mol. The zero-order valence-electron chi connectivity index (χ0n) is 18.2. The summed E-state index contributed by atoms with van der Waals surface area (Å²) >= 11 is 0. The average Bonchev–Trinajstić information content (AvgIpc) is 3.16. The number of rotatable bonds is 4. The van der Waals surface area contributed by atoms with Gasteiger partial charge in [0.15, 0.2) is 15.4 Å². The molecule has 1 aliphatic heterocycles. The molecule has 0 unspecified atom stereocenters. The van der Waals surface area contributed by atoms with Crippen LogP contribution in [0.15, 0.2) is 45.8 Å². The van der Waals surface area contributed by atoms with Gasteiger partial charge >= 0.3 is 6.09 Å². The molecule has 3 aromatic rings. The minimum Gasteiger partial charge on any atom is -0.459 e. The number of piperidine rings is 1. The number of pyridine rings is 1. The van der Waals surface area contributed by atoms with Crippen LogP contribution < -0.4 is 0 Å². The third kappa shape index (κ3) is 4.62. The highest BCUT2D eigenvalue weighted by molar-refractivity contribution is 7.90. The van der Waals surface area contributed by atoms with Crippen LogP contribution in [0.2, 0.25) is 0 Å². The largest absolute Gasteiger partial charge is 0.459 e. The number of amides is 1. The maximum atomic E-state index is 14.6. The Morgan fingerprint density at radius 2 is 1.94 bits per heavy atom. The van der Waals surface area contributed by atoms with Crippen molar-refractivity contribution in [2.45, 2.75) is 43.6 Å². The van der Waals surface area contributed by atoms with Gasteiger partial charge in [-0.05, 0) is 57.0 Å². The molecule has 0 atom stereocenters. The second kappa shape index (κ2) is 8.54. The van der Waals surface area contributed by atoms with Gasteiger partial charge in [-0.1, -0.05) is 0 Å². The van der Waals surface area contributed by atoms with Gasteiger partial charge in [0, 0.05) is 36.2 Å². The lowest BCUT2D eigenvalue weighted by Gasteiger charge is -2.30. The molecule has 1 aliphatic rings. The van der Waals surface area contributed by atoms with E-state index < -0.39 is 15.7 Å². The van der Waals surface area contributed by atoms with Gasteiger partial charge in [0.1, 0.15) is 11.6 Å². The number of carbonyl (C=O) groups is 1. The second-order valence-corrected chi connectivity index (χ2v) is 10.4. The van der Waals surface area contributed by atoms with Crippen LogP contribution in [-0.4, -0.2) is 49.8 Å². The number of aromatic nitrogens is 1. The van der Waals surface area contributed by atoms with Crippen LogP contribution in [0.25, 0.3) is 22.2 Å². The van der Waals surface area contributed by atoms with E-state index >= 15 is 0 Å². The van der Waals surface area contributed by atoms with Crippen LogP contribution in [0, 0.1) is 5.82 Å². The molecule has 1 saturated heterocycles. The van der Waals surface area contributed by atoms with Crippen molar-refractivity contribution in [1.82, 2.24) is 9.88 Å². The molecule has 0 bridgehead atoms. The number of benzene rings is 1. The summed E-state index contributed by atoms with van der Waals surface area (Å²) in [6.45, 7) is 4.84. The van der Waals surface area contributed by atoms with Crippen molar-refractivity contribution < 1.29 is 26.8 Å². The number of fused-ring (bicyclic) bond motifs is 1. The first-order valence-electron chi connectivity index (χ1n) is 10.5. The van der Waals surface area contributed by atoms with Crippen LogP contribution >= 0.6 is 0 Å². The summed E-state index contributed by atoms with van der Waals surface area (Å²) in [6, 6.07) is 7.47. The molecule has 9 heteroatoms. The van der Waals surface area contributed by atoms with Gasteiger partial charge in [-0.15, -0.1) is 0 Å². The van der Waals surface area contributed by atoms with E-state index in [9.17, 15) is 17.6 Å². The molecule has 4 rings (SSSR count). The van der Waals surface area contributed by atoms with E-state index in [4.69, 9.17) is 9.15 Å². The van der Waals surface area contributed by atoms with Gasteiger partial charge in [-0.25, -0.2) is 17.6 Å². The first-order valence-corrected chi connectivity index (χ1v) is 12.4. The van der Waals surface area contributed by atoms with Crippen molar-refractivity contribution in [3.05, 3.63) is 48.1 Å². The second-order valence-electron chi connectivity index (χ2n) is 8.36. The molecule has 7 nitrogen and oxygen atoms in total. The third-order valence-electron chi connectivity index (χ3n) is 5.56. The van der Waals surface area contributed by atoms with Gasteiger partial charge in [0.25, 0.3) is 0 Å². The van der Waals surface area contributed by atoms with Crippen molar-refractivity contribution in [1.29, 1.82) is 0 Å². The Balaban J connectivity index is 1.53. The Morgan fingerprint density at radius 3 is 2.56 bits per heavy atom.